The highest BCUT2D eigenvalue weighted by Gasteiger charge is 2.35. The van der Waals surface area contributed by atoms with Crippen molar-refractivity contribution in [2.24, 2.45) is 5.92 Å². The van der Waals surface area contributed by atoms with Gasteiger partial charge in [-0.2, -0.15) is 4.31 Å². The van der Waals surface area contributed by atoms with Crippen molar-refractivity contribution in [1.82, 2.24) is 9.21 Å². The number of hydrogen-bond donors (Lipinski definition) is 0. The van der Waals surface area contributed by atoms with E-state index in [1.165, 1.54) is 33.5 Å². The van der Waals surface area contributed by atoms with Crippen LogP contribution in [0.1, 0.15) is 31.4 Å². The molecule has 2 aromatic carbocycles. The number of sulfonamides is 1. The third-order valence-corrected chi connectivity index (χ3v) is 8.21. The van der Waals surface area contributed by atoms with Crippen LogP contribution in [0.4, 0.5) is 4.39 Å². The molecule has 1 unspecified atom stereocenters. The van der Waals surface area contributed by atoms with Crippen molar-refractivity contribution >= 4 is 39.1 Å². The third kappa shape index (κ3) is 4.64. The summed E-state index contributed by atoms with van der Waals surface area (Å²) in [4.78, 5) is 14.4. The maximum atomic E-state index is 14.1. The van der Waals surface area contributed by atoms with Gasteiger partial charge in [0, 0.05) is 36.6 Å². The molecular formula is C21H23Cl2FN2O3S. The average Bonchev–Trinajstić information content (AvgIpc) is 2.74. The summed E-state index contributed by atoms with van der Waals surface area (Å²) in [7, 11) is -2.16. The quantitative estimate of drug-likeness (QED) is 0.630. The molecule has 1 aliphatic heterocycles. The van der Waals surface area contributed by atoms with Gasteiger partial charge >= 0.3 is 0 Å². The number of piperidine rings is 1. The lowest BCUT2D eigenvalue weighted by Gasteiger charge is -2.34. The summed E-state index contributed by atoms with van der Waals surface area (Å²) in [6.07, 6.45) is 0.759. The minimum Gasteiger partial charge on any atom is -0.339 e. The zero-order chi connectivity index (χ0) is 22.1. The van der Waals surface area contributed by atoms with E-state index in [1.54, 1.807) is 32.2 Å². The van der Waals surface area contributed by atoms with E-state index in [1.807, 2.05) is 0 Å². The summed E-state index contributed by atoms with van der Waals surface area (Å²) < 4.78 is 41.3. The van der Waals surface area contributed by atoms with Crippen molar-refractivity contribution in [2.75, 3.05) is 20.1 Å². The van der Waals surface area contributed by atoms with Crippen molar-refractivity contribution in [1.29, 1.82) is 0 Å². The first kappa shape index (κ1) is 23.0. The van der Waals surface area contributed by atoms with Crippen LogP contribution >= 0.6 is 23.2 Å². The van der Waals surface area contributed by atoms with Gasteiger partial charge in [0.25, 0.3) is 0 Å². The van der Waals surface area contributed by atoms with Crippen LogP contribution in [0.5, 0.6) is 0 Å². The first-order valence-electron chi connectivity index (χ1n) is 9.59. The van der Waals surface area contributed by atoms with Crippen LogP contribution in [0.15, 0.2) is 47.4 Å². The second kappa shape index (κ2) is 9.22. The number of benzene rings is 2. The van der Waals surface area contributed by atoms with Gasteiger partial charge in [-0.1, -0.05) is 41.4 Å². The lowest BCUT2D eigenvalue weighted by molar-refractivity contribution is -0.137. The molecule has 0 bridgehead atoms. The van der Waals surface area contributed by atoms with E-state index in [2.05, 4.69) is 0 Å². The predicted octanol–water partition coefficient (Wildman–Crippen LogP) is 4.75. The second-order valence-electron chi connectivity index (χ2n) is 7.40. The molecule has 1 fully saturated rings. The molecule has 0 saturated carbocycles. The van der Waals surface area contributed by atoms with E-state index < -0.39 is 16.1 Å². The van der Waals surface area contributed by atoms with Crippen molar-refractivity contribution in [3.8, 4) is 0 Å². The lowest BCUT2D eigenvalue weighted by Crippen LogP contribution is -2.44. The van der Waals surface area contributed by atoms with Gasteiger partial charge in [0.2, 0.25) is 15.9 Å². The maximum Gasteiger partial charge on any atom is 0.244 e. The molecule has 1 saturated heterocycles. The number of carbonyl (C=O) groups is 1. The highest BCUT2D eigenvalue weighted by atomic mass is 35.5. The molecule has 1 aliphatic rings. The Bertz CT molecular complexity index is 1040. The Hall–Kier alpha value is -1.67. The van der Waals surface area contributed by atoms with Crippen LogP contribution in [-0.4, -0.2) is 43.7 Å². The van der Waals surface area contributed by atoms with Gasteiger partial charge in [0.05, 0.1) is 11.1 Å². The van der Waals surface area contributed by atoms with E-state index in [-0.39, 0.29) is 45.7 Å². The van der Waals surface area contributed by atoms with Crippen molar-refractivity contribution < 1.29 is 17.6 Å². The van der Waals surface area contributed by atoms with E-state index in [0.29, 0.717) is 18.4 Å². The van der Waals surface area contributed by atoms with E-state index in [4.69, 9.17) is 23.2 Å². The van der Waals surface area contributed by atoms with Gasteiger partial charge in [0.1, 0.15) is 10.7 Å². The molecule has 30 heavy (non-hydrogen) atoms. The standard InChI is InChI=1S/C21H23Cl2FN2O3S/c1-14(17-5-3-4-6-19(17)24)25(2)21(27)15-9-11-26(12-10-15)30(28,29)20-13-16(22)7-8-18(20)23/h3-8,13-15H,9-12H2,1-2H3. The number of nitrogens with zero attached hydrogens (tertiary/aromatic N) is 2. The molecule has 9 heteroatoms. The van der Waals surface area contributed by atoms with Gasteiger partial charge in [-0.3, -0.25) is 4.79 Å². The van der Waals surface area contributed by atoms with Gasteiger partial charge in [-0.25, -0.2) is 12.8 Å². The molecule has 0 N–H and O–H groups in total. The minimum atomic E-state index is -3.81. The zero-order valence-electron chi connectivity index (χ0n) is 16.7. The van der Waals surface area contributed by atoms with Gasteiger partial charge in [0.15, 0.2) is 0 Å². The van der Waals surface area contributed by atoms with Crippen LogP contribution in [0.2, 0.25) is 10.0 Å². The molecule has 0 radical (unpaired) electrons. The Kier molecular flexibility index (Phi) is 7.07. The van der Waals surface area contributed by atoms with E-state index in [0.717, 1.165) is 0 Å². The lowest BCUT2D eigenvalue weighted by atomic mass is 9.95. The fraction of sp³-hybridized carbons (Fsp3) is 0.381. The van der Waals surface area contributed by atoms with Crippen molar-refractivity contribution in [2.45, 2.75) is 30.7 Å². The van der Waals surface area contributed by atoms with Crippen LogP contribution in [0.25, 0.3) is 0 Å². The average molecular weight is 473 g/mol. The van der Waals surface area contributed by atoms with Gasteiger partial charge in [-0.15, -0.1) is 0 Å². The normalized spacial score (nSPS) is 17.0. The van der Waals surface area contributed by atoms with Crippen LogP contribution in [-0.2, 0) is 14.8 Å². The molecule has 0 spiro atoms. The molecule has 1 heterocycles. The topological polar surface area (TPSA) is 57.7 Å². The predicted molar refractivity (Wildman–Crippen MR) is 116 cm³/mol. The summed E-state index contributed by atoms with van der Waals surface area (Å²) in [5.74, 6) is -0.807. The number of halogens is 3. The molecule has 0 aliphatic carbocycles. The summed E-state index contributed by atoms with van der Waals surface area (Å²) in [5, 5.41) is 0.392. The molecule has 1 atom stereocenters. The van der Waals surface area contributed by atoms with E-state index >= 15 is 0 Å². The Labute approximate surface area is 186 Å². The summed E-state index contributed by atoms with van der Waals surface area (Å²) in [6, 6.07) is 10.3. The summed E-state index contributed by atoms with van der Waals surface area (Å²) in [6.45, 7) is 2.17. The molecule has 5 nitrogen and oxygen atoms in total. The zero-order valence-corrected chi connectivity index (χ0v) is 19.0. The Morgan fingerprint density at radius 3 is 2.43 bits per heavy atom. The minimum absolute atomic E-state index is 0.0354. The van der Waals surface area contributed by atoms with Gasteiger partial charge < -0.3 is 4.90 Å². The van der Waals surface area contributed by atoms with Crippen molar-refractivity contribution in [3.63, 3.8) is 0 Å². The van der Waals surface area contributed by atoms with Gasteiger partial charge in [-0.05, 0) is 44.0 Å². The summed E-state index contributed by atoms with van der Waals surface area (Å²) >= 11 is 12.0. The monoisotopic (exact) mass is 472 g/mol. The maximum absolute atomic E-state index is 14.1. The Morgan fingerprint density at radius 2 is 1.80 bits per heavy atom. The highest BCUT2D eigenvalue weighted by Crippen LogP contribution is 2.32. The molecule has 1 amide bonds. The molecule has 0 aromatic heterocycles. The number of rotatable bonds is 5. The SMILES string of the molecule is CC(c1ccccc1F)N(C)C(=O)C1CCN(S(=O)(=O)c2cc(Cl)ccc2Cl)CC1. The number of carbonyl (C=O) groups excluding carboxylic acids is 1. The van der Waals surface area contributed by atoms with Crippen LogP contribution < -0.4 is 0 Å². The number of amides is 1. The smallest absolute Gasteiger partial charge is 0.244 e. The molecule has 2 aromatic rings. The van der Waals surface area contributed by atoms with E-state index in [9.17, 15) is 17.6 Å². The largest absolute Gasteiger partial charge is 0.339 e. The molecule has 3 rings (SSSR count). The highest BCUT2D eigenvalue weighted by molar-refractivity contribution is 7.89. The summed E-state index contributed by atoms with van der Waals surface area (Å²) in [5.41, 5.74) is 0.448. The second-order valence-corrected chi connectivity index (χ2v) is 10.1. The first-order chi connectivity index (χ1) is 14.1. The molecular weight excluding hydrogens is 450 g/mol. The Balaban J connectivity index is 1.68. The first-order valence-corrected chi connectivity index (χ1v) is 11.8. The fourth-order valence-corrected chi connectivity index (χ4v) is 5.87. The van der Waals surface area contributed by atoms with Crippen LogP contribution in [0.3, 0.4) is 0 Å². The fourth-order valence-electron chi connectivity index (χ4n) is 3.66. The molecule has 162 valence electrons. The van der Waals surface area contributed by atoms with Crippen LogP contribution in [0, 0.1) is 11.7 Å². The van der Waals surface area contributed by atoms with Crippen molar-refractivity contribution in [3.05, 3.63) is 63.9 Å². The third-order valence-electron chi connectivity index (χ3n) is 5.60. The Morgan fingerprint density at radius 1 is 1.17 bits per heavy atom. The number of hydrogen-bond acceptors (Lipinski definition) is 3.